The molecular weight excluding hydrogens is 356 g/mol. The Hall–Kier alpha value is -3.09. The van der Waals surface area contributed by atoms with Crippen molar-refractivity contribution in [3.63, 3.8) is 0 Å². The first-order valence-electron chi connectivity index (χ1n) is 9.63. The SMILES string of the molecule is CC1CCN(c2ccc(-c3noc([C@@H](C)NC(=O)c4ccco4)n3)cc2)CC1. The molecule has 1 aliphatic heterocycles. The Morgan fingerprint density at radius 1 is 1.21 bits per heavy atom. The molecule has 28 heavy (non-hydrogen) atoms. The first-order valence-corrected chi connectivity index (χ1v) is 9.63. The number of piperidine rings is 1. The maximum absolute atomic E-state index is 12.1. The Bertz CT molecular complexity index is 910. The number of anilines is 1. The average molecular weight is 380 g/mol. The van der Waals surface area contributed by atoms with Crippen molar-refractivity contribution in [2.45, 2.75) is 32.7 Å². The molecule has 1 saturated heterocycles. The van der Waals surface area contributed by atoms with Gasteiger partial charge in [-0.15, -0.1) is 0 Å². The number of hydrogen-bond acceptors (Lipinski definition) is 6. The molecule has 7 nitrogen and oxygen atoms in total. The molecular formula is C21H24N4O3. The molecule has 1 fully saturated rings. The minimum atomic E-state index is -0.423. The van der Waals surface area contributed by atoms with Gasteiger partial charge in [0.05, 0.1) is 6.26 Å². The summed E-state index contributed by atoms with van der Waals surface area (Å²) in [6, 6.07) is 11.1. The van der Waals surface area contributed by atoms with Crippen molar-refractivity contribution in [2.24, 2.45) is 5.92 Å². The van der Waals surface area contributed by atoms with Crippen LogP contribution < -0.4 is 10.2 Å². The zero-order valence-electron chi connectivity index (χ0n) is 16.1. The molecule has 1 atom stereocenters. The summed E-state index contributed by atoms with van der Waals surface area (Å²) in [6.07, 6.45) is 3.92. The number of furan rings is 1. The van der Waals surface area contributed by atoms with Crippen molar-refractivity contribution < 1.29 is 13.7 Å². The zero-order valence-corrected chi connectivity index (χ0v) is 16.1. The first-order chi connectivity index (χ1) is 13.6. The minimum absolute atomic E-state index is 0.245. The molecule has 0 saturated carbocycles. The van der Waals surface area contributed by atoms with Crippen LogP contribution in [0.4, 0.5) is 5.69 Å². The lowest BCUT2D eigenvalue weighted by molar-refractivity contribution is 0.0904. The van der Waals surface area contributed by atoms with Gasteiger partial charge in [-0.2, -0.15) is 4.98 Å². The fraction of sp³-hybridized carbons (Fsp3) is 0.381. The van der Waals surface area contributed by atoms with E-state index in [9.17, 15) is 4.79 Å². The Morgan fingerprint density at radius 2 is 1.96 bits per heavy atom. The second-order valence-electron chi connectivity index (χ2n) is 7.35. The number of carbonyl (C=O) groups is 1. The highest BCUT2D eigenvalue weighted by Gasteiger charge is 2.20. The number of rotatable bonds is 5. The van der Waals surface area contributed by atoms with Gasteiger partial charge in [0.25, 0.3) is 5.91 Å². The molecule has 7 heteroatoms. The van der Waals surface area contributed by atoms with Crippen molar-refractivity contribution in [3.8, 4) is 11.4 Å². The summed E-state index contributed by atoms with van der Waals surface area (Å²) in [7, 11) is 0. The normalized spacial score (nSPS) is 16.1. The van der Waals surface area contributed by atoms with Crippen molar-refractivity contribution in [1.82, 2.24) is 15.5 Å². The van der Waals surface area contributed by atoms with Crippen molar-refractivity contribution >= 4 is 11.6 Å². The molecule has 1 aromatic carbocycles. The van der Waals surface area contributed by atoms with Crippen LogP contribution >= 0.6 is 0 Å². The number of nitrogens with one attached hydrogen (secondary N) is 1. The highest BCUT2D eigenvalue weighted by atomic mass is 16.5. The fourth-order valence-corrected chi connectivity index (χ4v) is 3.35. The van der Waals surface area contributed by atoms with Gasteiger partial charge in [0.2, 0.25) is 11.7 Å². The third kappa shape index (κ3) is 3.93. The monoisotopic (exact) mass is 380 g/mol. The molecule has 1 aliphatic rings. The summed E-state index contributed by atoms with van der Waals surface area (Å²) in [6.45, 7) is 6.30. The van der Waals surface area contributed by atoms with Gasteiger partial charge in [-0.3, -0.25) is 4.79 Å². The number of aromatic nitrogens is 2. The highest BCUT2D eigenvalue weighted by Crippen LogP contribution is 2.26. The van der Waals surface area contributed by atoms with E-state index in [0.717, 1.165) is 24.6 Å². The summed E-state index contributed by atoms with van der Waals surface area (Å²) in [5.41, 5.74) is 2.10. The third-order valence-electron chi connectivity index (χ3n) is 5.18. The van der Waals surface area contributed by atoms with Gasteiger partial charge >= 0.3 is 0 Å². The number of hydrogen-bond donors (Lipinski definition) is 1. The molecule has 4 rings (SSSR count). The van der Waals surface area contributed by atoms with E-state index in [1.54, 1.807) is 19.1 Å². The average Bonchev–Trinajstić information content (AvgIpc) is 3.41. The summed E-state index contributed by atoms with van der Waals surface area (Å²) in [5.74, 6) is 1.59. The van der Waals surface area contributed by atoms with E-state index in [2.05, 4.69) is 39.4 Å². The largest absolute Gasteiger partial charge is 0.459 e. The molecule has 0 unspecified atom stereocenters. The standard InChI is InChI=1S/C21H24N4O3/c1-14-9-11-25(12-10-14)17-7-5-16(6-8-17)19-23-21(28-24-19)15(2)22-20(26)18-4-3-13-27-18/h3-8,13-15H,9-12H2,1-2H3,(H,22,26)/t15-/m1/s1. The van der Waals surface area contributed by atoms with Gasteiger partial charge < -0.3 is 19.2 Å². The molecule has 3 aromatic rings. The van der Waals surface area contributed by atoms with Crippen LogP contribution in [0.3, 0.4) is 0 Å². The van der Waals surface area contributed by atoms with Crippen LogP contribution in [0.5, 0.6) is 0 Å². The lowest BCUT2D eigenvalue weighted by Crippen LogP contribution is -2.32. The molecule has 146 valence electrons. The second kappa shape index (κ2) is 7.88. The molecule has 3 heterocycles. The Kier molecular flexibility index (Phi) is 5.14. The van der Waals surface area contributed by atoms with E-state index in [1.807, 2.05) is 12.1 Å². The Balaban J connectivity index is 1.41. The topological polar surface area (TPSA) is 84.4 Å². The molecule has 0 spiro atoms. The number of amides is 1. The molecule has 1 N–H and O–H groups in total. The summed E-state index contributed by atoms with van der Waals surface area (Å²) < 4.78 is 10.4. The van der Waals surface area contributed by atoms with Gasteiger partial charge in [0.1, 0.15) is 6.04 Å². The van der Waals surface area contributed by atoms with Crippen LogP contribution in [0.25, 0.3) is 11.4 Å². The van der Waals surface area contributed by atoms with Gasteiger partial charge in [-0.05, 0) is 62.1 Å². The van der Waals surface area contributed by atoms with Gasteiger partial charge in [-0.1, -0.05) is 12.1 Å². The van der Waals surface area contributed by atoms with E-state index in [-0.39, 0.29) is 11.7 Å². The summed E-state index contributed by atoms with van der Waals surface area (Å²) in [5, 5.41) is 6.84. The van der Waals surface area contributed by atoms with Crippen LogP contribution in [0.2, 0.25) is 0 Å². The molecule has 0 radical (unpaired) electrons. The predicted octanol–water partition coefficient (Wildman–Crippen LogP) is 4.06. The van der Waals surface area contributed by atoms with Crippen molar-refractivity contribution in [2.75, 3.05) is 18.0 Å². The van der Waals surface area contributed by atoms with Crippen LogP contribution in [-0.2, 0) is 0 Å². The smallest absolute Gasteiger partial charge is 0.287 e. The maximum atomic E-state index is 12.1. The highest BCUT2D eigenvalue weighted by molar-refractivity contribution is 5.91. The van der Waals surface area contributed by atoms with E-state index in [1.165, 1.54) is 24.8 Å². The van der Waals surface area contributed by atoms with Crippen LogP contribution in [0.1, 0.15) is 49.2 Å². The molecule has 2 aromatic heterocycles. The summed E-state index contributed by atoms with van der Waals surface area (Å²) >= 11 is 0. The minimum Gasteiger partial charge on any atom is -0.459 e. The first kappa shape index (κ1) is 18.3. The molecule has 1 amide bonds. The number of benzene rings is 1. The Labute approximate surface area is 163 Å². The van der Waals surface area contributed by atoms with Crippen molar-refractivity contribution in [3.05, 3.63) is 54.3 Å². The van der Waals surface area contributed by atoms with Crippen LogP contribution in [0, 0.1) is 5.92 Å². The number of nitrogens with zero attached hydrogens (tertiary/aromatic N) is 3. The van der Waals surface area contributed by atoms with Crippen molar-refractivity contribution in [1.29, 1.82) is 0 Å². The quantitative estimate of drug-likeness (QED) is 0.719. The molecule has 0 aliphatic carbocycles. The van der Waals surface area contributed by atoms with Crippen LogP contribution in [-0.4, -0.2) is 29.1 Å². The van der Waals surface area contributed by atoms with Gasteiger partial charge in [0.15, 0.2) is 5.76 Å². The maximum Gasteiger partial charge on any atom is 0.287 e. The van der Waals surface area contributed by atoms with E-state index >= 15 is 0 Å². The lowest BCUT2D eigenvalue weighted by Gasteiger charge is -2.32. The van der Waals surface area contributed by atoms with Gasteiger partial charge in [0, 0.05) is 24.3 Å². The predicted molar refractivity (Wildman–Crippen MR) is 105 cm³/mol. The summed E-state index contributed by atoms with van der Waals surface area (Å²) in [4.78, 5) is 18.9. The van der Waals surface area contributed by atoms with Gasteiger partial charge in [-0.25, -0.2) is 0 Å². The lowest BCUT2D eigenvalue weighted by atomic mass is 9.98. The second-order valence-corrected chi connectivity index (χ2v) is 7.35. The fourth-order valence-electron chi connectivity index (χ4n) is 3.35. The van der Waals surface area contributed by atoms with Crippen LogP contribution in [0.15, 0.2) is 51.6 Å². The third-order valence-corrected chi connectivity index (χ3v) is 5.18. The van der Waals surface area contributed by atoms with E-state index in [4.69, 9.17) is 8.94 Å². The molecule has 0 bridgehead atoms. The Morgan fingerprint density at radius 3 is 2.64 bits per heavy atom. The number of carbonyl (C=O) groups excluding carboxylic acids is 1. The zero-order chi connectivity index (χ0) is 19.5. The van der Waals surface area contributed by atoms with E-state index < -0.39 is 6.04 Å². The van der Waals surface area contributed by atoms with E-state index in [0.29, 0.717) is 11.7 Å².